The normalized spacial score (nSPS) is 17.6. The van der Waals surface area contributed by atoms with Crippen LogP contribution in [0.15, 0.2) is 30.5 Å². The monoisotopic (exact) mass is 558 g/mol. The maximum absolute atomic E-state index is 12.6. The summed E-state index contributed by atoms with van der Waals surface area (Å²) in [7, 11) is 6.31. The number of fused-ring (bicyclic) bond motifs is 1. The van der Waals surface area contributed by atoms with Gasteiger partial charge in [-0.25, -0.2) is 4.98 Å². The molecular weight excluding hydrogens is 530 g/mol. The van der Waals surface area contributed by atoms with Gasteiger partial charge in [0.05, 0.1) is 32.5 Å². The van der Waals surface area contributed by atoms with Gasteiger partial charge in [0.25, 0.3) is 0 Å². The van der Waals surface area contributed by atoms with Gasteiger partial charge in [-0.1, -0.05) is 23.2 Å². The van der Waals surface area contributed by atoms with E-state index in [2.05, 4.69) is 28.9 Å². The van der Waals surface area contributed by atoms with Crippen LogP contribution < -0.4 is 4.90 Å². The SMILES string of the molecule is CC(=O)c1cnc2ccc(-c3cc(Cl)c(O)c(Cl)c3)nc2c1N(C)C1CCC(N(C)C)CC1.Cl.Cl. The zero-order chi connectivity index (χ0) is 23.9. The van der Waals surface area contributed by atoms with Gasteiger partial charge >= 0.3 is 0 Å². The number of anilines is 1. The lowest BCUT2D eigenvalue weighted by Gasteiger charge is -2.38. The molecule has 0 saturated heterocycles. The molecule has 4 rings (SSSR count). The van der Waals surface area contributed by atoms with E-state index in [0.717, 1.165) is 31.4 Å². The lowest BCUT2D eigenvalue weighted by atomic mass is 9.89. The number of Topliss-reactive ketones (excluding diaryl/α,β-unsaturated/α-hetero) is 1. The number of pyridine rings is 2. The van der Waals surface area contributed by atoms with Gasteiger partial charge in [-0.15, -0.1) is 24.8 Å². The molecule has 2 aromatic heterocycles. The molecule has 3 aromatic rings. The molecule has 0 bridgehead atoms. The lowest BCUT2D eigenvalue weighted by Crippen LogP contribution is -2.41. The zero-order valence-corrected chi connectivity index (χ0v) is 23.2. The van der Waals surface area contributed by atoms with Crippen molar-refractivity contribution in [3.63, 3.8) is 0 Å². The minimum atomic E-state index is -0.155. The minimum Gasteiger partial charge on any atom is -0.505 e. The van der Waals surface area contributed by atoms with Crippen molar-refractivity contribution in [3.8, 4) is 17.0 Å². The van der Waals surface area contributed by atoms with Crippen LogP contribution in [0.3, 0.4) is 0 Å². The van der Waals surface area contributed by atoms with Crippen molar-refractivity contribution in [1.29, 1.82) is 0 Å². The highest BCUT2D eigenvalue weighted by atomic mass is 35.5. The fourth-order valence-electron chi connectivity index (χ4n) is 4.69. The second-order valence-electron chi connectivity index (χ2n) is 8.97. The summed E-state index contributed by atoms with van der Waals surface area (Å²) in [5.74, 6) is -0.201. The first-order valence-electron chi connectivity index (χ1n) is 11.1. The molecule has 190 valence electrons. The Morgan fingerprint density at radius 3 is 2.11 bits per heavy atom. The molecule has 1 N–H and O–H groups in total. The van der Waals surface area contributed by atoms with Crippen LogP contribution in [0, 0.1) is 0 Å². The average molecular weight is 560 g/mol. The molecule has 0 amide bonds. The van der Waals surface area contributed by atoms with Crippen LogP contribution in [-0.4, -0.2) is 59.0 Å². The molecule has 1 aromatic carbocycles. The van der Waals surface area contributed by atoms with E-state index in [1.54, 1.807) is 25.3 Å². The Kier molecular flexibility index (Phi) is 10.0. The molecule has 1 fully saturated rings. The van der Waals surface area contributed by atoms with Crippen LogP contribution in [0.4, 0.5) is 5.69 Å². The Morgan fingerprint density at radius 2 is 1.57 bits per heavy atom. The van der Waals surface area contributed by atoms with Gasteiger partial charge < -0.3 is 14.9 Å². The van der Waals surface area contributed by atoms with E-state index in [1.165, 1.54) is 0 Å². The van der Waals surface area contributed by atoms with Gasteiger partial charge in [-0.2, -0.15) is 0 Å². The highest BCUT2D eigenvalue weighted by Crippen LogP contribution is 2.38. The number of carbonyl (C=O) groups is 1. The van der Waals surface area contributed by atoms with Crippen molar-refractivity contribution < 1.29 is 9.90 Å². The second-order valence-corrected chi connectivity index (χ2v) is 9.78. The van der Waals surface area contributed by atoms with Crippen molar-refractivity contribution in [2.24, 2.45) is 0 Å². The second kappa shape index (κ2) is 11.9. The first kappa shape index (κ1) is 29.4. The minimum absolute atomic E-state index is 0. The summed E-state index contributed by atoms with van der Waals surface area (Å²) >= 11 is 12.3. The number of aromatic nitrogens is 2. The topological polar surface area (TPSA) is 69.6 Å². The van der Waals surface area contributed by atoms with Crippen molar-refractivity contribution >= 4 is 70.5 Å². The number of hydrogen-bond donors (Lipinski definition) is 1. The Hall–Kier alpha value is -1.83. The quantitative estimate of drug-likeness (QED) is 0.352. The molecule has 0 atom stereocenters. The van der Waals surface area contributed by atoms with E-state index in [0.29, 0.717) is 39.9 Å². The number of nitrogens with zero attached hydrogens (tertiary/aromatic N) is 4. The summed E-state index contributed by atoms with van der Waals surface area (Å²) in [6, 6.07) is 7.89. The molecule has 0 aliphatic heterocycles. The van der Waals surface area contributed by atoms with Gasteiger partial charge in [0.15, 0.2) is 11.5 Å². The fraction of sp³-hybridized carbons (Fsp3) is 0.400. The number of carbonyl (C=O) groups excluding carboxylic acids is 1. The van der Waals surface area contributed by atoms with Crippen molar-refractivity contribution in [2.45, 2.75) is 44.7 Å². The summed E-state index contributed by atoms with van der Waals surface area (Å²) in [4.78, 5) is 26.5. The smallest absolute Gasteiger partial charge is 0.163 e. The predicted molar refractivity (Wildman–Crippen MR) is 149 cm³/mol. The molecule has 1 aliphatic rings. The van der Waals surface area contributed by atoms with Gasteiger partial charge in [0.1, 0.15) is 5.52 Å². The Labute approximate surface area is 228 Å². The predicted octanol–water partition coefficient (Wildman–Crippen LogP) is 6.66. The molecule has 10 heteroatoms. The first-order chi connectivity index (χ1) is 15.7. The lowest BCUT2D eigenvalue weighted by molar-refractivity contribution is 0.101. The zero-order valence-electron chi connectivity index (χ0n) is 20.1. The molecular formula is C25H30Cl4N4O2. The molecule has 35 heavy (non-hydrogen) atoms. The third kappa shape index (κ3) is 5.95. The maximum atomic E-state index is 12.6. The standard InChI is InChI=1S/C25H28Cl2N4O2.2ClH/c1-14(32)18-13-28-22-10-9-21(15-11-19(26)25(33)20(27)12-15)29-23(22)24(18)31(4)17-7-5-16(6-8-17)30(2)3;;/h9-13,16-17,33H,5-8H2,1-4H3;2*1H. The van der Waals surface area contributed by atoms with Crippen molar-refractivity contribution in [3.05, 3.63) is 46.1 Å². The van der Waals surface area contributed by atoms with E-state index in [4.69, 9.17) is 28.2 Å². The number of rotatable bonds is 5. The number of hydrogen-bond acceptors (Lipinski definition) is 6. The third-order valence-corrected chi connectivity index (χ3v) is 7.25. The largest absolute Gasteiger partial charge is 0.505 e. The average Bonchev–Trinajstić information content (AvgIpc) is 2.80. The summed E-state index contributed by atoms with van der Waals surface area (Å²) in [5.41, 5.74) is 4.06. The van der Waals surface area contributed by atoms with Gasteiger partial charge in [0, 0.05) is 30.9 Å². The Morgan fingerprint density at radius 1 is 1.00 bits per heavy atom. The number of ketones is 1. The maximum Gasteiger partial charge on any atom is 0.163 e. The highest BCUT2D eigenvalue weighted by Gasteiger charge is 2.28. The van der Waals surface area contributed by atoms with Crippen molar-refractivity contribution in [2.75, 3.05) is 26.0 Å². The van der Waals surface area contributed by atoms with Gasteiger partial charge in [-0.05, 0) is 71.0 Å². The number of halogens is 4. The van der Waals surface area contributed by atoms with Crippen LogP contribution >= 0.6 is 48.0 Å². The molecule has 0 radical (unpaired) electrons. The van der Waals surface area contributed by atoms with E-state index in [1.807, 2.05) is 19.2 Å². The van der Waals surface area contributed by atoms with Crippen LogP contribution in [-0.2, 0) is 0 Å². The Balaban J connectivity index is 0.00000216. The fourth-order valence-corrected chi connectivity index (χ4v) is 5.17. The van der Waals surface area contributed by atoms with E-state index in [9.17, 15) is 9.90 Å². The molecule has 0 spiro atoms. The summed E-state index contributed by atoms with van der Waals surface area (Å²) in [5, 5.41) is 10.2. The number of phenols is 1. The van der Waals surface area contributed by atoms with E-state index >= 15 is 0 Å². The number of aromatic hydroxyl groups is 1. The van der Waals surface area contributed by atoms with Crippen LogP contribution in [0.1, 0.15) is 43.0 Å². The Bertz CT molecular complexity index is 1190. The van der Waals surface area contributed by atoms with Crippen LogP contribution in [0.5, 0.6) is 5.75 Å². The number of benzene rings is 1. The van der Waals surface area contributed by atoms with Crippen LogP contribution in [0.25, 0.3) is 22.3 Å². The van der Waals surface area contributed by atoms with E-state index in [-0.39, 0.29) is 46.4 Å². The molecule has 2 heterocycles. The molecule has 1 saturated carbocycles. The molecule has 0 unspecified atom stereocenters. The van der Waals surface area contributed by atoms with E-state index < -0.39 is 0 Å². The molecule has 6 nitrogen and oxygen atoms in total. The van der Waals surface area contributed by atoms with Gasteiger partial charge in [-0.3, -0.25) is 9.78 Å². The third-order valence-electron chi connectivity index (χ3n) is 6.68. The summed E-state index contributed by atoms with van der Waals surface area (Å²) in [6.07, 6.45) is 5.97. The van der Waals surface area contributed by atoms with Crippen LogP contribution in [0.2, 0.25) is 10.0 Å². The highest BCUT2D eigenvalue weighted by molar-refractivity contribution is 6.37. The number of phenolic OH excluding ortho intramolecular Hbond substituents is 1. The first-order valence-corrected chi connectivity index (χ1v) is 11.8. The van der Waals surface area contributed by atoms with Gasteiger partial charge in [0.2, 0.25) is 0 Å². The van der Waals surface area contributed by atoms with Crippen molar-refractivity contribution in [1.82, 2.24) is 14.9 Å². The summed E-state index contributed by atoms with van der Waals surface area (Å²) < 4.78 is 0. The summed E-state index contributed by atoms with van der Waals surface area (Å²) in [6.45, 7) is 1.56. The molecule has 1 aliphatic carbocycles.